The first-order chi connectivity index (χ1) is 6.88. The molecular weight excluding hydrogens is 176 g/mol. The second-order valence-corrected chi connectivity index (χ2v) is 3.80. The number of hydrogen-bond acceptors (Lipinski definition) is 4. The molecule has 0 saturated carbocycles. The minimum atomic E-state index is 0.432. The van der Waals surface area contributed by atoms with Crippen molar-refractivity contribution in [3.63, 3.8) is 0 Å². The molecule has 0 amide bonds. The van der Waals surface area contributed by atoms with Gasteiger partial charge in [0.05, 0.1) is 24.8 Å². The molecule has 0 bridgehead atoms. The SMILES string of the molecule is CC(C1=NCCN=C1)N1CCNCC1. The summed E-state index contributed by atoms with van der Waals surface area (Å²) in [7, 11) is 0. The van der Waals surface area contributed by atoms with Crippen LogP contribution in [-0.4, -0.2) is 62.1 Å². The van der Waals surface area contributed by atoms with E-state index in [-0.39, 0.29) is 0 Å². The minimum Gasteiger partial charge on any atom is -0.314 e. The number of aliphatic imine (C=N–C) groups is 2. The van der Waals surface area contributed by atoms with E-state index in [9.17, 15) is 0 Å². The van der Waals surface area contributed by atoms with E-state index in [2.05, 4.69) is 27.1 Å². The molecule has 1 unspecified atom stereocenters. The van der Waals surface area contributed by atoms with Crippen molar-refractivity contribution in [2.75, 3.05) is 39.3 Å². The summed E-state index contributed by atoms with van der Waals surface area (Å²) in [5, 5.41) is 3.36. The van der Waals surface area contributed by atoms with Crippen LogP contribution in [0.5, 0.6) is 0 Å². The van der Waals surface area contributed by atoms with Gasteiger partial charge in [-0.1, -0.05) is 0 Å². The predicted molar refractivity (Wildman–Crippen MR) is 59.6 cm³/mol. The zero-order chi connectivity index (χ0) is 9.80. The minimum absolute atomic E-state index is 0.432. The monoisotopic (exact) mass is 194 g/mol. The lowest BCUT2D eigenvalue weighted by molar-refractivity contribution is 0.224. The maximum Gasteiger partial charge on any atom is 0.0695 e. The van der Waals surface area contributed by atoms with Gasteiger partial charge in [-0.15, -0.1) is 0 Å². The second-order valence-electron chi connectivity index (χ2n) is 3.80. The molecule has 1 saturated heterocycles. The predicted octanol–water partition coefficient (Wildman–Crippen LogP) is -0.194. The molecule has 1 N–H and O–H groups in total. The number of nitrogens with zero attached hydrogens (tertiary/aromatic N) is 3. The first-order valence-electron chi connectivity index (χ1n) is 5.37. The Morgan fingerprint density at radius 3 is 2.79 bits per heavy atom. The van der Waals surface area contributed by atoms with Gasteiger partial charge >= 0.3 is 0 Å². The van der Waals surface area contributed by atoms with E-state index < -0.39 is 0 Å². The molecule has 2 aliphatic rings. The fourth-order valence-corrected chi connectivity index (χ4v) is 1.93. The van der Waals surface area contributed by atoms with Crippen molar-refractivity contribution in [2.45, 2.75) is 13.0 Å². The molecule has 78 valence electrons. The van der Waals surface area contributed by atoms with Gasteiger partial charge < -0.3 is 5.32 Å². The molecule has 0 aromatic heterocycles. The molecule has 0 aromatic carbocycles. The van der Waals surface area contributed by atoms with E-state index in [4.69, 9.17) is 0 Å². The van der Waals surface area contributed by atoms with E-state index in [1.54, 1.807) is 0 Å². The first-order valence-corrected chi connectivity index (χ1v) is 5.37. The van der Waals surface area contributed by atoms with E-state index in [1.165, 1.54) is 0 Å². The molecule has 2 rings (SSSR count). The average molecular weight is 194 g/mol. The second kappa shape index (κ2) is 4.66. The van der Waals surface area contributed by atoms with Gasteiger partial charge in [0, 0.05) is 32.4 Å². The summed E-state index contributed by atoms with van der Waals surface area (Å²) in [4.78, 5) is 11.3. The third-order valence-corrected chi connectivity index (χ3v) is 2.87. The zero-order valence-corrected chi connectivity index (χ0v) is 8.74. The molecule has 4 nitrogen and oxygen atoms in total. The van der Waals surface area contributed by atoms with Crippen LogP contribution in [-0.2, 0) is 0 Å². The summed E-state index contributed by atoms with van der Waals surface area (Å²) < 4.78 is 0. The molecule has 14 heavy (non-hydrogen) atoms. The summed E-state index contributed by atoms with van der Waals surface area (Å²) in [6.07, 6.45) is 1.94. The highest BCUT2D eigenvalue weighted by Crippen LogP contribution is 2.04. The molecule has 0 spiro atoms. The Labute approximate surface area is 85.1 Å². The van der Waals surface area contributed by atoms with Crippen molar-refractivity contribution in [3.05, 3.63) is 0 Å². The number of piperazine rings is 1. The molecule has 2 heterocycles. The quantitative estimate of drug-likeness (QED) is 0.661. The molecule has 0 aliphatic carbocycles. The normalized spacial score (nSPS) is 25.9. The van der Waals surface area contributed by atoms with Crippen LogP contribution in [0.1, 0.15) is 6.92 Å². The van der Waals surface area contributed by atoms with Gasteiger partial charge in [0.2, 0.25) is 0 Å². The van der Waals surface area contributed by atoms with Crippen molar-refractivity contribution in [1.82, 2.24) is 10.2 Å². The fourth-order valence-electron chi connectivity index (χ4n) is 1.93. The van der Waals surface area contributed by atoms with Crippen LogP contribution in [0.2, 0.25) is 0 Å². The molecule has 1 atom stereocenters. The molecule has 1 fully saturated rings. The molecule has 0 aromatic rings. The Morgan fingerprint density at radius 1 is 1.36 bits per heavy atom. The van der Waals surface area contributed by atoms with Crippen molar-refractivity contribution < 1.29 is 0 Å². The van der Waals surface area contributed by atoms with Crippen molar-refractivity contribution in [2.24, 2.45) is 9.98 Å². The van der Waals surface area contributed by atoms with Crippen LogP contribution >= 0.6 is 0 Å². The van der Waals surface area contributed by atoms with Crippen LogP contribution in [0.25, 0.3) is 0 Å². The van der Waals surface area contributed by atoms with E-state index >= 15 is 0 Å². The van der Waals surface area contributed by atoms with E-state index in [0.29, 0.717) is 6.04 Å². The van der Waals surface area contributed by atoms with Crippen molar-refractivity contribution in [1.29, 1.82) is 0 Å². The van der Waals surface area contributed by atoms with Crippen LogP contribution < -0.4 is 5.32 Å². The Hall–Kier alpha value is -0.740. The number of nitrogens with one attached hydrogen (secondary N) is 1. The van der Waals surface area contributed by atoms with Gasteiger partial charge in [-0.05, 0) is 6.92 Å². The highest BCUT2D eigenvalue weighted by atomic mass is 15.2. The summed E-state index contributed by atoms with van der Waals surface area (Å²) in [6.45, 7) is 8.37. The first kappa shape index (κ1) is 9.80. The summed E-state index contributed by atoms with van der Waals surface area (Å²) in [6, 6.07) is 0.432. The summed E-state index contributed by atoms with van der Waals surface area (Å²) in [5.74, 6) is 0. The number of rotatable bonds is 2. The van der Waals surface area contributed by atoms with Crippen molar-refractivity contribution >= 4 is 11.9 Å². The smallest absolute Gasteiger partial charge is 0.0695 e. The highest BCUT2D eigenvalue weighted by molar-refractivity contribution is 6.33. The van der Waals surface area contributed by atoms with Crippen LogP contribution in [0.15, 0.2) is 9.98 Å². The van der Waals surface area contributed by atoms with E-state index in [1.807, 2.05) is 6.21 Å². The standard InChI is InChI=1S/C10H18N4/c1-9(10-8-12-2-3-13-10)14-6-4-11-5-7-14/h8-9,11H,2-7H2,1H3. The van der Waals surface area contributed by atoms with Crippen LogP contribution in [0, 0.1) is 0 Å². The molecular formula is C10H18N4. The van der Waals surface area contributed by atoms with Gasteiger partial charge in [-0.25, -0.2) is 0 Å². The largest absolute Gasteiger partial charge is 0.314 e. The maximum absolute atomic E-state index is 4.51. The van der Waals surface area contributed by atoms with Gasteiger partial charge in [0.15, 0.2) is 0 Å². The van der Waals surface area contributed by atoms with Crippen LogP contribution in [0.3, 0.4) is 0 Å². The Balaban J connectivity index is 1.95. The Bertz CT molecular complexity index is 241. The zero-order valence-electron chi connectivity index (χ0n) is 8.74. The lowest BCUT2D eigenvalue weighted by Gasteiger charge is -2.33. The van der Waals surface area contributed by atoms with Gasteiger partial charge in [0.1, 0.15) is 0 Å². The van der Waals surface area contributed by atoms with E-state index in [0.717, 1.165) is 45.0 Å². The van der Waals surface area contributed by atoms with Gasteiger partial charge in [0.25, 0.3) is 0 Å². The third-order valence-electron chi connectivity index (χ3n) is 2.87. The summed E-state index contributed by atoms with van der Waals surface area (Å²) >= 11 is 0. The maximum atomic E-state index is 4.51. The molecule has 2 aliphatic heterocycles. The van der Waals surface area contributed by atoms with Crippen molar-refractivity contribution in [3.8, 4) is 0 Å². The molecule has 0 radical (unpaired) electrons. The Morgan fingerprint density at radius 2 is 2.14 bits per heavy atom. The highest BCUT2D eigenvalue weighted by Gasteiger charge is 2.20. The third kappa shape index (κ3) is 2.19. The molecule has 4 heteroatoms. The fraction of sp³-hybridized carbons (Fsp3) is 0.800. The van der Waals surface area contributed by atoms with Crippen LogP contribution in [0.4, 0.5) is 0 Å². The topological polar surface area (TPSA) is 40.0 Å². The van der Waals surface area contributed by atoms with Gasteiger partial charge in [-0.3, -0.25) is 14.9 Å². The average Bonchev–Trinajstić information content (AvgIpc) is 2.30. The summed E-state index contributed by atoms with van der Waals surface area (Å²) in [5.41, 5.74) is 1.15. The van der Waals surface area contributed by atoms with Gasteiger partial charge in [-0.2, -0.15) is 0 Å². The number of hydrogen-bond donors (Lipinski definition) is 1. The lowest BCUT2D eigenvalue weighted by atomic mass is 10.1. The lowest BCUT2D eigenvalue weighted by Crippen LogP contribution is -2.50. The Kier molecular flexibility index (Phi) is 3.26.